The van der Waals surface area contributed by atoms with Crippen molar-refractivity contribution in [3.63, 3.8) is 0 Å². The van der Waals surface area contributed by atoms with Crippen molar-refractivity contribution in [3.8, 4) is 5.75 Å². The Morgan fingerprint density at radius 2 is 1.87 bits per heavy atom. The van der Waals surface area contributed by atoms with E-state index in [0.717, 1.165) is 29.8 Å². The molecule has 1 amide bonds. The Kier molecular flexibility index (Phi) is 6.89. The van der Waals surface area contributed by atoms with E-state index in [2.05, 4.69) is 23.1 Å². The zero-order chi connectivity index (χ0) is 21.6. The number of rotatable bonds is 7. The number of nitrogens with zero attached hydrogens (tertiary/aromatic N) is 2. The van der Waals surface area contributed by atoms with Crippen LogP contribution in [0.2, 0.25) is 0 Å². The molecule has 2 bridgehead atoms. The number of benzene rings is 2. The molecule has 2 unspecified atom stereocenters. The summed E-state index contributed by atoms with van der Waals surface area (Å²) < 4.78 is 17.1. The van der Waals surface area contributed by atoms with Gasteiger partial charge in [-0.15, -0.1) is 0 Å². The van der Waals surface area contributed by atoms with E-state index in [1.54, 1.807) is 0 Å². The number of amides is 1. The lowest BCUT2D eigenvalue weighted by Crippen LogP contribution is -2.56. The Morgan fingerprint density at radius 3 is 2.58 bits per heavy atom. The fourth-order valence-corrected chi connectivity index (χ4v) is 4.00. The summed E-state index contributed by atoms with van der Waals surface area (Å²) in [6, 6.07) is 17.8. The summed E-state index contributed by atoms with van der Waals surface area (Å²) in [6.07, 6.45) is 2.61. The number of ether oxygens (including phenoxy) is 3. The minimum Gasteiger partial charge on any atom is -0.492 e. The highest BCUT2D eigenvalue weighted by atomic mass is 16.6. The van der Waals surface area contributed by atoms with E-state index < -0.39 is 0 Å². The first-order chi connectivity index (χ1) is 15.1. The lowest BCUT2D eigenvalue weighted by molar-refractivity contribution is -0.0342. The number of likely N-dealkylation sites (N-methyl/N-ethyl adjacent to an activating group) is 1. The third-order valence-electron chi connectivity index (χ3n) is 5.65. The quantitative estimate of drug-likeness (QED) is 0.679. The van der Waals surface area contributed by atoms with Crippen molar-refractivity contribution < 1.29 is 19.0 Å². The molecule has 31 heavy (non-hydrogen) atoms. The molecule has 2 aliphatic heterocycles. The van der Waals surface area contributed by atoms with Crippen LogP contribution in [-0.4, -0.2) is 68.4 Å². The minimum atomic E-state index is -0.276. The first-order valence-corrected chi connectivity index (χ1v) is 10.8. The molecule has 2 aromatic carbocycles. The van der Waals surface area contributed by atoms with Crippen LogP contribution >= 0.6 is 0 Å². The van der Waals surface area contributed by atoms with Crippen LogP contribution in [0.3, 0.4) is 0 Å². The van der Waals surface area contributed by atoms with Crippen LogP contribution in [0, 0.1) is 0 Å². The Bertz CT molecular complexity index is 895. The molecule has 0 N–H and O–H groups in total. The van der Waals surface area contributed by atoms with Crippen molar-refractivity contribution in [2.75, 3.05) is 40.5 Å². The molecule has 6 nitrogen and oxygen atoms in total. The lowest BCUT2D eigenvalue weighted by Gasteiger charge is -2.43. The molecule has 2 aromatic rings. The summed E-state index contributed by atoms with van der Waals surface area (Å²) in [7, 11) is 4.06. The maximum Gasteiger partial charge on any atom is 0.411 e. The smallest absolute Gasteiger partial charge is 0.411 e. The van der Waals surface area contributed by atoms with E-state index in [1.165, 1.54) is 5.57 Å². The summed E-state index contributed by atoms with van der Waals surface area (Å²) >= 11 is 0. The van der Waals surface area contributed by atoms with Gasteiger partial charge in [0.2, 0.25) is 0 Å². The fraction of sp³-hybridized carbons (Fsp3) is 0.400. The summed E-state index contributed by atoms with van der Waals surface area (Å²) in [6.45, 7) is 2.84. The molecular formula is C25H30N2O4. The maximum absolute atomic E-state index is 12.8. The third kappa shape index (κ3) is 5.46. The summed E-state index contributed by atoms with van der Waals surface area (Å²) in [5, 5.41) is 0. The van der Waals surface area contributed by atoms with Gasteiger partial charge in [0.15, 0.2) is 0 Å². The largest absolute Gasteiger partial charge is 0.492 e. The van der Waals surface area contributed by atoms with Crippen LogP contribution in [0.1, 0.15) is 17.5 Å². The SMILES string of the molecule is CN(C)CCOc1ccc(C2=CC3COCC(C2)N3C(=O)OCc2ccccc2)cc1. The molecule has 1 saturated heterocycles. The standard InChI is InChI=1S/C25H30N2O4/c1-26(2)12-13-30-24-10-8-20(9-11-24)21-14-22-17-29-18-23(15-21)27(22)25(28)31-16-19-6-4-3-5-7-19/h3-11,14,22-23H,12-13,15-18H2,1-2H3. The van der Waals surface area contributed by atoms with Gasteiger partial charge in [-0.2, -0.15) is 0 Å². The average Bonchev–Trinajstić information content (AvgIpc) is 2.77. The summed E-state index contributed by atoms with van der Waals surface area (Å²) in [5.41, 5.74) is 3.39. The normalized spacial score (nSPS) is 20.4. The van der Waals surface area contributed by atoms with E-state index in [-0.39, 0.29) is 24.8 Å². The Morgan fingerprint density at radius 1 is 1.10 bits per heavy atom. The predicted octanol–water partition coefficient (Wildman–Crippen LogP) is 3.82. The number of carbonyl (C=O) groups excluding carboxylic acids is 1. The molecule has 6 heteroatoms. The van der Waals surface area contributed by atoms with E-state index in [1.807, 2.05) is 61.5 Å². The summed E-state index contributed by atoms with van der Waals surface area (Å²) in [5.74, 6) is 0.872. The molecule has 2 aliphatic rings. The van der Waals surface area contributed by atoms with Crippen molar-refractivity contribution in [1.29, 1.82) is 0 Å². The van der Waals surface area contributed by atoms with Crippen molar-refractivity contribution >= 4 is 11.7 Å². The molecule has 2 atom stereocenters. The van der Waals surface area contributed by atoms with Gasteiger partial charge in [-0.05, 0) is 49.3 Å². The highest BCUT2D eigenvalue weighted by molar-refractivity contribution is 5.74. The molecule has 0 spiro atoms. The highest BCUT2D eigenvalue weighted by Crippen LogP contribution is 2.33. The zero-order valence-electron chi connectivity index (χ0n) is 18.2. The molecule has 2 heterocycles. The van der Waals surface area contributed by atoms with Gasteiger partial charge in [0, 0.05) is 6.54 Å². The second-order valence-corrected chi connectivity index (χ2v) is 8.28. The molecule has 0 aliphatic carbocycles. The van der Waals surface area contributed by atoms with Crippen LogP contribution < -0.4 is 4.74 Å². The van der Waals surface area contributed by atoms with E-state index >= 15 is 0 Å². The van der Waals surface area contributed by atoms with Gasteiger partial charge >= 0.3 is 6.09 Å². The molecule has 4 rings (SSSR count). The van der Waals surface area contributed by atoms with Gasteiger partial charge in [0.1, 0.15) is 19.0 Å². The Balaban J connectivity index is 1.40. The first kappa shape index (κ1) is 21.4. The van der Waals surface area contributed by atoms with Crippen LogP contribution in [0.15, 0.2) is 60.7 Å². The number of carbonyl (C=O) groups is 1. The zero-order valence-corrected chi connectivity index (χ0v) is 18.2. The van der Waals surface area contributed by atoms with Gasteiger partial charge in [-0.3, -0.25) is 4.90 Å². The second kappa shape index (κ2) is 9.98. The minimum absolute atomic E-state index is 0.0157. The molecule has 0 saturated carbocycles. The number of fused-ring (bicyclic) bond motifs is 2. The number of hydrogen-bond donors (Lipinski definition) is 0. The van der Waals surface area contributed by atoms with E-state index in [9.17, 15) is 4.79 Å². The maximum atomic E-state index is 12.8. The highest BCUT2D eigenvalue weighted by Gasteiger charge is 2.39. The fourth-order valence-electron chi connectivity index (χ4n) is 4.00. The van der Waals surface area contributed by atoms with Gasteiger partial charge in [0.25, 0.3) is 0 Å². The number of hydrogen-bond acceptors (Lipinski definition) is 5. The van der Waals surface area contributed by atoms with Crippen LogP contribution in [0.25, 0.3) is 5.57 Å². The van der Waals surface area contributed by atoms with Gasteiger partial charge in [0.05, 0.1) is 25.3 Å². The van der Waals surface area contributed by atoms with Crippen molar-refractivity contribution in [2.24, 2.45) is 0 Å². The molecular weight excluding hydrogens is 392 g/mol. The second-order valence-electron chi connectivity index (χ2n) is 8.28. The average molecular weight is 423 g/mol. The Hall–Kier alpha value is -2.83. The van der Waals surface area contributed by atoms with Gasteiger partial charge in [-0.1, -0.05) is 48.5 Å². The number of morpholine rings is 1. The summed E-state index contributed by atoms with van der Waals surface area (Å²) in [4.78, 5) is 16.8. The molecule has 0 aromatic heterocycles. The van der Waals surface area contributed by atoms with Gasteiger partial charge in [-0.25, -0.2) is 4.79 Å². The monoisotopic (exact) mass is 422 g/mol. The lowest BCUT2D eigenvalue weighted by atomic mass is 9.90. The molecule has 0 radical (unpaired) electrons. The van der Waals surface area contributed by atoms with E-state index in [4.69, 9.17) is 14.2 Å². The van der Waals surface area contributed by atoms with Crippen LogP contribution in [0.5, 0.6) is 5.75 Å². The van der Waals surface area contributed by atoms with Crippen molar-refractivity contribution in [1.82, 2.24) is 9.80 Å². The van der Waals surface area contributed by atoms with Crippen molar-refractivity contribution in [2.45, 2.75) is 25.1 Å². The van der Waals surface area contributed by atoms with Crippen molar-refractivity contribution in [3.05, 3.63) is 71.8 Å². The van der Waals surface area contributed by atoms with Crippen LogP contribution in [-0.2, 0) is 16.1 Å². The predicted molar refractivity (Wildman–Crippen MR) is 120 cm³/mol. The Labute approximate surface area is 184 Å². The van der Waals surface area contributed by atoms with Gasteiger partial charge < -0.3 is 19.1 Å². The first-order valence-electron chi connectivity index (χ1n) is 10.8. The molecule has 1 fully saturated rings. The third-order valence-corrected chi connectivity index (χ3v) is 5.65. The van der Waals surface area contributed by atoms with Crippen LogP contribution in [0.4, 0.5) is 4.79 Å². The van der Waals surface area contributed by atoms with E-state index in [0.29, 0.717) is 19.8 Å². The molecule has 164 valence electrons. The topological polar surface area (TPSA) is 51.2 Å².